The van der Waals surface area contributed by atoms with Gasteiger partial charge in [-0.1, -0.05) is 13.3 Å². The number of carbonyl (C=O) groups is 1. The Hall–Kier alpha value is -1.95. The molecule has 0 radical (unpaired) electrons. The third kappa shape index (κ3) is 4.03. The largest absolute Gasteiger partial charge is 0.496 e. The van der Waals surface area contributed by atoms with Gasteiger partial charge >= 0.3 is 5.97 Å². The molecule has 0 bridgehead atoms. The molecule has 0 amide bonds. The van der Waals surface area contributed by atoms with Crippen LogP contribution in [-0.4, -0.2) is 33.9 Å². The van der Waals surface area contributed by atoms with Gasteiger partial charge in [-0.15, -0.1) is 0 Å². The minimum absolute atomic E-state index is 0.210. The summed E-state index contributed by atoms with van der Waals surface area (Å²) >= 11 is 0. The van der Waals surface area contributed by atoms with Crippen molar-refractivity contribution >= 4 is 5.97 Å². The molecule has 6 heteroatoms. The Bertz CT molecular complexity index is 444. The number of ether oxygens (including phenoxy) is 3. The zero-order chi connectivity index (χ0) is 15.0. The lowest BCUT2D eigenvalue weighted by atomic mass is 10.1. The summed E-state index contributed by atoms with van der Waals surface area (Å²) in [6.45, 7) is 2.38. The molecule has 112 valence electrons. The van der Waals surface area contributed by atoms with Gasteiger partial charge < -0.3 is 14.2 Å². The van der Waals surface area contributed by atoms with Gasteiger partial charge in [0.2, 0.25) is 0 Å². The van der Waals surface area contributed by atoms with Crippen molar-refractivity contribution in [2.75, 3.05) is 27.9 Å². The second-order valence-corrected chi connectivity index (χ2v) is 3.95. The lowest BCUT2D eigenvalue weighted by molar-refractivity contribution is -0.241. The Morgan fingerprint density at radius 2 is 1.60 bits per heavy atom. The van der Waals surface area contributed by atoms with Crippen LogP contribution in [-0.2, 0) is 9.78 Å². The normalized spacial score (nSPS) is 10.0. The molecule has 20 heavy (non-hydrogen) atoms. The molecule has 0 aromatic heterocycles. The number of rotatable bonds is 8. The first-order valence-electron chi connectivity index (χ1n) is 6.31. The lowest BCUT2D eigenvalue weighted by Gasteiger charge is -2.12. The van der Waals surface area contributed by atoms with E-state index in [1.807, 2.05) is 6.92 Å². The molecule has 0 N–H and O–H groups in total. The van der Waals surface area contributed by atoms with Crippen LogP contribution >= 0.6 is 0 Å². The first-order valence-corrected chi connectivity index (χ1v) is 6.31. The summed E-state index contributed by atoms with van der Waals surface area (Å²) in [5.74, 6) is 0.562. The molecule has 1 aromatic rings. The lowest BCUT2D eigenvalue weighted by Crippen LogP contribution is -2.09. The molecule has 0 saturated carbocycles. The van der Waals surface area contributed by atoms with E-state index in [0.717, 1.165) is 12.8 Å². The van der Waals surface area contributed by atoms with Gasteiger partial charge in [0.15, 0.2) is 11.5 Å². The summed E-state index contributed by atoms with van der Waals surface area (Å²) in [6, 6.07) is 3.05. The van der Waals surface area contributed by atoms with E-state index in [9.17, 15) is 4.79 Å². The summed E-state index contributed by atoms with van der Waals surface area (Å²) in [5.41, 5.74) is 0.210. The zero-order valence-corrected chi connectivity index (χ0v) is 12.2. The van der Waals surface area contributed by atoms with Crippen molar-refractivity contribution in [3.8, 4) is 17.2 Å². The maximum Gasteiger partial charge on any atom is 0.376 e. The van der Waals surface area contributed by atoms with Gasteiger partial charge in [0.25, 0.3) is 0 Å². The van der Waals surface area contributed by atoms with E-state index in [-0.39, 0.29) is 5.56 Å². The molecule has 0 unspecified atom stereocenters. The van der Waals surface area contributed by atoms with Gasteiger partial charge in [0.1, 0.15) is 11.3 Å². The SMILES string of the molecule is CCCCOOC(=O)c1cc(OC)c(OC)cc1OC. The van der Waals surface area contributed by atoms with E-state index in [2.05, 4.69) is 0 Å². The highest BCUT2D eigenvalue weighted by atomic mass is 17.2. The summed E-state index contributed by atoms with van der Waals surface area (Å²) in [6.07, 6.45) is 1.77. The molecule has 1 aromatic carbocycles. The molecular weight excluding hydrogens is 264 g/mol. The first kappa shape index (κ1) is 16.1. The third-order valence-electron chi connectivity index (χ3n) is 2.64. The molecular formula is C14H20O6. The van der Waals surface area contributed by atoms with Crippen molar-refractivity contribution in [1.82, 2.24) is 0 Å². The van der Waals surface area contributed by atoms with E-state index >= 15 is 0 Å². The van der Waals surface area contributed by atoms with Gasteiger partial charge in [0.05, 0.1) is 27.9 Å². The van der Waals surface area contributed by atoms with Crippen LogP contribution in [0, 0.1) is 0 Å². The minimum Gasteiger partial charge on any atom is -0.496 e. The molecule has 6 nitrogen and oxygen atoms in total. The first-order chi connectivity index (χ1) is 9.67. The average molecular weight is 284 g/mol. The predicted octanol–water partition coefficient (Wildman–Crippen LogP) is 2.60. The van der Waals surface area contributed by atoms with Crippen molar-refractivity contribution in [3.63, 3.8) is 0 Å². The maximum atomic E-state index is 11.9. The summed E-state index contributed by atoms with van der Waals surface area (Å²) in [7, 11) is 4.44. The second kappa shape index (κ2) is 8.27. The van der Waals surface area contributed by atoms with Crippen LogP contribution in [0.3, 0.4) is 0 Å². The zero-order valence-electron chi connectivity index (χ0n) is 12.2. The molecule has 0 aliphatic rings. The molecule has 0 heterocycles. The molecule has 0 aliphatic heterocycles. The number of carbonyl (C=O) groups excluding carboxylic acids is 1. The van der Waals surface area contributed by atoms with Crippen molar-refractivity contribution in [2.24, 2.45) is 0 Å². The van der Waals surface area contributed by atoms with E-state index in [0.29, 0.717) is 23.9 Å². The topological polar surface area (TPSA) is 63.2 Å². The standard InChI is InChI=1S/C14H20O6/c1-5-6-7-19-20-14(15)10-8-12(17-3)13(18-4)9-11(10)16-2/h8-9H,5-7H2,1-4H3. The molecule has 0 saturated heterocycles. The quantitative estimate of drug-likeness (QED) is 0.415. The van der Waals surface area contributed by atoms with E-state index < -0.39 is 5.97 Å². The molecule has 0 aliphatic carbocycles. The van der Waals surface area contributed by atoms with Gasteiger partial charge in [-0.05, 0) is 6.42 Å². The monoisotopic (exact) mass is 284 g/mol. The summed E-state index contributed by atoms with van der Waals surface area (Å²) in [4.78, 5) is 21.5. The Balaban J connectivity index is 2.89. The highest BCUT2D eigenvalue weighted by Gasteiger charge is 2.19. The Kier molecular flexibility index (Phi) is 6.66. The van der Waals surface area contributed by atoms with Crippen molar-refractivity contribution < 1.29 is 28.8 Å². The van der Waals surface area contributed by atoms with Crippen LogP contribution in [0.4, 0.5) is 0 Å². The predicted molar refractivity (Wildman–Crippen MR) is 72.4 cm³/mol. The number of benzene rings is 1. The highest BCUT2D eigenvalue weighted by molar-refractivity contribution is 5.93. The van der Waals surface area contributed by atoms with Gasteiger partial charge in [-0.25, -0.2) is 4.79 Å². The molecule has 0 atom stereocenters. The van der Waals surface area contributed by atoms with E-state index in [4.69, 9.17) is 24.0 Å². The van der Waals surface area contributed by atoms with Crippen LogP contribution in [0.5, 0.6) is 17.2 Å². The van der Waals surface area contributed by atoms with Crippen molar-refractivity contribution in [1.29, 1.82) is 0 Å². The van der Waals surface area contributed by atoms with E-state index in [1.54, 1.807) is 6.07 Å². The Labute approximate surface area is 118 Å². The van der Waals surface area contributed by atoms with Crippen LogP contribution in [0.25, 0.3) is 0 Å². The maximum absolute atomic E-state index is 11.9. The van der Waals surface area contributed by atoms with Gasteiger partial charge in [-0.3, -0.25) is 4.89 Å². The number of unbranched alkanes of at least 4 members (excludes halogenated alkanes) is 1. The summed E-state index contributed by atoms with van der Waals surface area (Å²) < 4.78 is 15.4. The smallest absolute Gasteiger partial charge is 0.376 e. The fourth-order valence-electron chi connectivity index (χ4n) is 1.53. The van der Waals surface area contributed by atoms with Crippen molar-refractivity contribution in [3.05, 3.63) is 17.7 Å². The van der Waals surface area contributed by atoms with Gasteiger partial charge in [-0.2, -0.15) is 4.89 Å². The molecule has 0 spiro atoms. The van der Waals surface area contributed by atoms with Crippen LogP contribution in [0.1, 0.15) is 30.1 Å². The fourth-order valence-corrected chi connectivity index (χ4v) is 1.53. The minimum atomic E-state index is -0.640. The van der Waals surface area contributed by atoms with Crippen LogP contribution in [0.15, 0.2) is 12.1 Å². The number of hydrogen-bond donors (Lipinski definition) is 0. The number of methoxy groups -OCH3 is 3. The van der Waals surface area contributed by atoms with Crippen LogP contribution < -0.4 is 14.2 Å². The van der Waals surface area contributed by atoms with Gasteiger partial charge in [0, 0.05) is 12.1 Å². The molecule has 1 rings (SSSR count). The third-order valence-corrected chi connectivity index (χ3v) is 2.64. The Morgan fingerprint density at radius 1 is 1.00 bits per heavy atom. The fraction of sp³-hybridized carbons (Fsp3) is 0.500. The average Bonchev–Trinajstić information content (AvgIpc) is 2.49. The van der Waals surface area contributed by atoms with E-state index in [1.165, 1.54) is 27.4 Å². The highest BCUT2D eigenvalue weighted by Crippen LogP contribution is 2.34. The van der Waals surface area contributed by atoms with Crippen molar-refractivity contribution in [2.45, 2.75) is 19.8 Å². The molecule has 0 fully saturated rings. The summed E-state index contributed by atoms with van der Waals surface area (Å²) in [5, 5.41) is 0. The second-order valence-electron chi connectivity index (χ2n) is 3.95. The Morgan fingerprint density at radius 3 is 2.15 bits per heavy atom. The van der Waals surface area contributed by atoms with Crippen LogP contribution in [0.2, 0.25) is 0 Å². The number of hydrogen-bond acceptors (Lipinski definition) is 6.